The lowest BCUT2D eigenvalue weighted by molar-refractivity contribution is -0.121. The highest BCUT2D eigenvalue weighted by Gasteiger charge is 2.21. The zero-order valence-electron chi connectivity index (χ0n) is 18.6. The highest BCUT2D eigenvalue weighted by atomic mass is 16.5. The summed E-state index contributed by atoms with van der Waals surface area (Å²) >= 11 is 0. The molecule has 1 aliphatic heterocycles. The summed E-state index contributed by atoms with van der Waals surface area (Å²) in [5.41, 5.74) is 2.24. The van der Waals surface area contributed by atoms with Crippen LogP contribution in [0.3, 0.4) is 0 Å². The Labute approximate surface area is 189 Å². The van der Waals surface area contributed by atoms with Gasteiger partial charge in [-0.05, 0) is 67.6 Å². The molecule has 3 aromatic rings. The van der Waals surface area contributed by atoms with E-state index in [-0.39, 0.29) is 5.91 Å². The average molecular weight is 434 g/mol. The molecule has 2 aromatic heterocycles. The zero-order valence-corrected chi connectivity index (χ0v) is 18.6. The number of carbonyl (C=O) groups excluding carboxylic acids is 1. The van der Waals surface area contributed by atoms with Crippen LogP contribution in [0.15, 0.2) is 61.1 Å². The first kappa shape index (κ1) is 22.0. The molecule has 1 unspecified atom stereocenters. The van der Waals surface area contributed by atoms with Crippen molar-refractivity contribution in [2.45, 2.75) is 38.8 Å². The minimum absolute atomic E-state index is 0.111. The van der Waals surface area contributed by atoms with Gasteiger partial charge in [-0.25, -0.2) is 9.97 Å². The fourth-order valence-corrected chi connectivity index (χ4v) is 4.32. The predicted molar refractivity (Wildman–Crippen MR) is 123 cm³/mol. The summed E-state index contributed by atoms with van der Waals surface area (Å²) in [5.74, 6) is 2.17. The van der Waals surface area contributed by atoms with Crippen LogP contribution in [0.5, 0.6) is 5.75 Å². The Kier molecular flexibility index (Phi) is 7.51. The van der Waals surface area contributed by atoms with Gasteiger partial charge in [-0.3, -0.25) is 14.3 Å². The van der Waals surface area contributed by atoms with E-state index in [1.54, 1.807) is 19.5 Å². The van der Waals surface area contributed by atoms with Gasteiger partial charge in [0.2, 0.25) is 11.9 Å². The number of hydrogen-bond acceptors (Lipinski definition) is 5. The minimum Gasteiger partial charge on any atom is -0.497 e. The molecule has 1 N–H and O–H groups in total. The Balaban J connectivity index is 1.24. The third-order valence-electron chi connectivity index (χ3n) is 5.99. The van der Waals surface area contributed by atoms with E-state index in [0.29, 0.717) is 24.8 Å². The molecule has 1 saturated heterocycles. The van der Waals surface area contributed by atoms with Crippen LogP contribution in [0.2, 0.25) is 0 Å². The number of amides is 1. The minimum atomic E-state index is 0.111. The van der Waals surface area contributed by atoms with E-state index in [9.17, 15) is 4.79 Å². The van der Waals surface area contributed by atoms with Crippen LogP contribution in [0, 0.1) is 5.92 Å². The standard InChI is InChI=1S/C25H31N5O2/c1-32-23-9-2-6-21(16-23)17-28-24(31)11-10-20-7-3-14-29(18-20)19-22-8-4-15-30(22)25-26-12-5-13-27-25/h2,4-6,8-9,12-13,15-16,20H,3,7,10-11,14,17-19H2,1H3,(H,28,31). The smallest absolute Gasteiger partial charge is 0.233 e. The van der Waals surface area contributed by atoms with Crippen LogP contribution in [-0.2, 0) is 17.9 Å². The lowest BCUT2D eigenvalue weighted by Gasteiger charge is -2.32. The summed E-state index contributed by atoms with van der Waals surface area (Å²) in [4.78, 5) is 23.6. The quantitative estimate of drug-likeness (QED) is 0.558. The van der Waals surface area contributed by atoms with E-state index in [2.05, 4.69) is 30.8 Å². The van der Waals surface area contributed by atoms with Gasteiger partial charge in [-0.15, -0.1) is 0 Å². The van der Waals surface area contributed by atoms with Crippen molar-refractivity contribution in [3.8, 4) is 11.7 Å². The molecule has 168 valence electrons. The van der Waals surface area contributed by atoms with E-state index in [1.807, 2.05) is 42.6 Å². The number of methoxy groups -OCH3 is 1. The van der Waals surface area contributed by atoms with Crippen LogP contribution in [0.1, 0.15) is 36.9 Å². The van der Waals surface area contributed by atoms with Gasteiger partial charge in [0.15, 0.2) is 0 Å². The van der Waals surface area contributed by atoms with Crippen molar-refractivity contribution in [3.05, 3.63) is 72.3 Å². The topological polar surface area (TPSA) is 72.3 Å². The van der Waals surface area contributed by atoms with Crippen molar-refractivity contribution in [1.29, 1.82) is 0 Å². The van der Waals surface area contributed by atoms with Gasteiger partial charge in [0, 0.05) is 50.3 Å². The summed E-state index contributed by atoms with van der Waals surface area (Å²) in [7, 11) is 1.65. The molecule has 0 radical (unpaired) electrons. The van der Waals surface area contributed by atoms with Gasteiger partial charge in [-0.1, -0.05) is 12.1 Å². The maximum atomic E-state index is 12.4. The van der Waals surface area contributed by atoms with Gasteiger partial charge in [0.05, 0.1) is 7.11 Å². The fourth-order valence-electron chi connectivity index (χ4n) is 4.32. The van der Waals surface area contributed by atoms with E-state index in [4.69, 9.17) is 4.74 Å². The maximum absolute atomic E-state index is 12.4. The number of piperidine rings is 1. The summed E-state index contributed by atoms with van der Waals surface area (Å²) < 4.78 is 7.29. The number of rotatable bonds is 9. The van der Waals surface area contributed by atoms with E-state index < -0.39 is 0 Å². The van der Waals surface area contributed by atoms with E-state index in [0.717, 1.165) is 37.4 Å². The van der Waals surface area contributed by atoms with Gasteiger partial charge < -0.3 is 10.1 Å². The molecule has 1 atom stereocenters. The molecule has 4 rings (SSSR count). The number of nitrogens with one attached hydrogen (secondary N) is 1. The van der Waals surface area contributed by atoms with Crippen molar-refractivity contribution < 1.29 is 9.53 Å². The monoisotopic (exact) mass is 433 g/mol. The molecule has 3 heterocycles. The van der Waals surface area contributed by atoms with Crippen LogP contribution in [-0.4, -0.2) is 45.5 Å². The number of likely N-dealkylation sites (tertiary alicyclic amines) is 1. The average Bonchev–Trinajstić information content (AvgIpc) is 3.30. The Hall–Kier alpha value is -3.19. The molecule has 1 amide bonds. The number of hydrogen-bond donors (Lipinski definition) is 1. The largest absolute Gasteiger partial charge is 0.497 e. The molecule has 0 saturated carbocycles. The highest BCUT2D eigenvalue weighted by molar-refractivity contribution is 5.75. The molecular weight excluding hydrogens is 402 g/mol. The first-order valence-corrected chi connectivity index (χ1v) is 11.3. The molecule has 1 aliphatic rings. The SMILES string of the molecule is COc1cccc(CNC(=O)CCC2CCCN(Cc3cccn3-c3ncccn3)C2)c1. The lowest BCUT2D eigenvalue weighted by atomic mass is 9.93. The maximum Gasteiger partial charge on any atom is 0.233 e. The van der Waals surface area contributed by atoms with Crippen molar-refractivity contribution in [2.75, 3.05) is 20.2 Å². The second-order valence-corrected chi connectivity index (χ2v) is 8.33. The van der Waals surface area contributed by atoms with Gasteiger partial charge in [0.1, 0.15) is 5.75 Å². The summed E-state index contributed by atoms with van der Waals surface area (Å²) in [6.45, 7) is 3.50. The summed E-state index contributed by atoms with van der Waals surface area (Å²) in [5, 5.41) is 3.04. The number of nitrogens with zero attached hydrogens (tertiary/aromatic N) is 4. The number of ether oxygens (including phenoxy) is 1. The molecular formula is C25H31N5O2. The number of benzene rings is 1. The Morgan fingerprint density at radius 2 is 2.06 bits per heavy atom. The van der Waals surface area contributed by atoms with Crippen molar-refractivity contribution in [2.24, 2.45) is 5.92 Å². The Morgan fingerprint density at radius 1 is 1.19 bits per heavy atom. The normalized spacial score (nSPS) is 16.6. The zero-order chi connectivity index (χ0) is 22.2. The fraction of sp³-hybridized carbons (Fsp3) is 0.400. The summed E-state index contributed by atoms with van der Waals surface area (Å²) in [6, 6.07) is 13.8. The molecule has 7 heteroatoms. The van der Waals surface area contributed by atoms with Crippen molar-refractivity contribution in [1.82, 2.24) is 24.8 Å². The van der Waals surface area contributed by atoms with Crippen molar-refractivity contribution in [3.63, 3.8) is 0 Å². The second-order valence-electron chi connectivity index (χ2n) is 8.33. The predicted octanol–water partition coefficient (Wildman–Crippen LogP) is 3.58. The molecule has 1 aromatic carbocycles. The van der Waals surface area contributed by atoms with Crippen molar-refractivity contribution >= 4 is 5.91 Å². The first-order chi connectivity index (χ1) is 15.7. The van der Waals surface area contributed by atoms with Gasteiger partial charge in [0.25, 0.3) is 0 Å². The number of aromatic nitrogens is 3. The molecule has 7 nitrogen and oxygen atoms in total. The summed E-state index contributed by atoms with van der Waals surface area (Å²) in [6.07, 6.45) is 9.38. The molecule has 32 heavy (non-hydrogen) atoms. The second kappa shape index (κ2) is 10.9. The Bertz CT molecular complexity index is 1000. The first-order valence-electron chi connectivity index (χ1n) is 11.3. The third-order valence-corrected chi connectivity index (χ3v) is 5.99. The van der Waals surface area contributed by atoms with Crippen LogP contribution in [0.4, 0.5) is 0 Å². The number of carbonyl (C=O) groups is 1. The van der Waals surface area contributed by atoms with Gasteiger partial charge in [-0.2, -0.15) is 0 Å². The van der Waals surface area contributed by atoms with Crippen LogP contribution in [0.25, 0.3) is 5.95 Å². The van der Waals surface area contributed by atoms with E-state index in [1.165, 1.54) is 18.5 Å². The Morgan fingerprint density at radius 3 is 2.91 bits per heavy atom. The van der Waals surface area contributed by atoms with Crippen LogP contribution >= 0.6 is 0 Å². The lowest BCUT2D eigenvalue weighted by Crippen LogP contribution is -2.36. The van der Waals surface area contributed by atoms with Crippen LogP contribution < -0.4 is 10.1 Å². The molecule has 1 fully saturated rings. The molecule has 0 aliphatic carbocycles. The molecule has 0 bridgehead atoms. The van der Waals surface area contributed by atoms with E-state index >= 15 is 0 Å². The molecule has 0 spiro atoms. The van der Waals surface area contributed by atoms with Gasteiger partial charge >= 0.3 is 0 Å². The highest BCUT2D eigenvalue weighted by Crippen LogP contribution is 2.23. The third kappa shape index (κ3) is 5.95.